The van der Waals surface area contributed by atoms with E-state index in [2.05, 4.69) is 6.92 Å². The summed E-state index contributed by atoms with van der Waals surface area (Å²) in [4.78, 5) is 11.8. The predicted molar refractivity (Wildman–Crippen MR) is 76.2 cm³/mol. The molecule has 0 saturated heterocycles. The molecule has 0 fully saturated rings. The van der Waals surface area contributed by atoms with Crippen LogP contribution in [0.3, 0.4) is 0 Å². The van der Waals surface area contributed by atoms with Gasteiger partial charge in [-0.3, -0.25) is 4.79 Å². The third-order valence-electron chi connectivity index (χ3n) is 3.07. The number of benzene rings is 1. The molecule has 19 heavy (non-hydrogen) atoms. The number of esters is 1. The lowest BCUT2D eigenvalue weighted by Crippen LogP contribution is -2.20. The summed E-state index contributed by atoms with van der Waals surface area (Å²) < 4.78 is 10.7. The second kappa shape index (κ2) is 9.42. The molecule has 1 aromatic rings. The highest BCUT2D eigenvalue weighted by Gasteiger charge is 2.16. The van der Waals surface area contributed by atoms with Crippen LogP contribution in [0.15, 0.2) is 30.3 Å². The molecule has 0 saturated carbocycles. The Bertz CT molecular complexity index is 348. The fraction of sp³-hybridized carbons (Fsp3) is 0.562. The largest absolute Gasteiger partial charge is 0.490 e. The fourth-order valence-electron chi connectivity index (χ4n) is 1.88. The summed E-state index contributed by atoms with van der Waals surface area (Å²) in [6.07, 6.45) is 3.96. The number of hydrogen-bond acceptors (Lipinski definition) is 3. The Morgan fingerprint density at radius 3 is 2.53 bits per heavy atom. The second-order valence-electron chi connectivity index (χ2n) is 4.58. The van der Waals surface area contributed by atoms with E-state index < -0.39 is 0 Å². The van der Waals surface area contributed by atoms with E-state index >= 15 is 0 Å². The molecule has 0 aromatic heterocycles. The zero-order valence-corrected chi connectivity index (χ0v) is 11.9. The van der Waals surface area contributed by atoms with E-state index in [1.54, 1.807) is 0 Å². The molecule has 1 atom stereocenters. The number of carbonyl (C=O) groups is 1. The van der Waals surface area contributed by atoms with Gasteiger partial charge in [-0.05, 0) is 25.0 Å². The van der Waals surface area contributed by atoms with Crippen molar-refractivity contribution < 1.29 is 14.3 Å². The van der Waals surface area contributed by atoms with Crippen LogP contribution in [0.2, 0.25) is 0 Å². The zero-order valence-electron chi connectivity index (χ0n) is 11.9. The van der Waals surface area contributed by atoms with Crippen molar-refractivity contribution in [1.82, 2.24) is 0 Å². The van der Waals surface area contributed by atoms with Gasteiger partial charge in [-0.2, -0.15) is 0 Å². The molecule has 0 aliphatic rings. The van der Waals surface area contributed by atoms with Crippen LogP contribution in [0.25, 0.3) is 0 Å². The number of unbranched alkanes of at least 4 members (excludes halogenated alkanes) is 1. The molecule has 0 heterocycles. The van der Waals surface area contributed by atoms with Crippen LogP contribution in [0.5, 0.6) is 5.75 Å². The molecule has 0 spiro atoms. The first-order valence-corrected chi connectivity index (χ1v) is 7.12. The molecule has 0 aliphatic heterocycles. The van der Waals surface area contributed by atoms with Crippen LogP contribution in [0, 0.1) is 5.92 Å². The Morgan fingerprint density at radius 1 is 1.16 bits per heavy atom. The average Bonchev–Trinajstić information content (AvgIpc) is 2.45. The van der Waals surface area contributed by atoms with Crippen molar-refractivity contribution in [1.29, 1.82) is 0 Å². The lowest BCUT2D eigenvalue weighted by atomic mass is 10.00. The molecule has 3 nitrogen and oxygen atoms in total. The third kappa shape index (κ3) is 6.27. The summed E-state index contributed by atoms with van der Waals surface area (Å²) in [6.45, 7) is 4.88. The first-order valence-electron chi connectivity index (χ1n) is 7.12. The molecule has 0 bridgehead atoms. The maximum absolute atomic E-state index is 11.8. The Hall–Kier alpha value is -1.51. The van der Waals surface area contributed by atoms with Gasteiger partial charge in [0.25, 0.3) is 0 Å². The molecule has 0 radical (unpaired) electrons. The number of para-hydroxylation sites is 1. The third-order valence-corrected chi connectivity index (χ3v) is 3.07. The monoisotopic (exact) mass is 264 g/mol. The number of rotatable bonds is 9. The van der Waals surface area contributed by atoms with Crippen LogP contribution in [0.1, 0.15) is 39.5 Å². The van der Waals surface area contributed by atoms with Crippen LogP contribution in [-0.4, -0.2) is 19.2 Å². The van der Waals surface area contributed by atoms with Gasteiger partial charge in [0.05, 0.1) is 5.92 Å². The Morgan fingerprint density at radius 2 is 1.89 bits per heavy atom. The van der Waals surface area contributed by atoms with Crippen molar-refractivity contribution in [3.05, 3.63) is 30.3 Å². The summed E-state index contributed by atoms with van der Waals surface area (Å²) >= 11 is 0. The molecule has 0 amide bonds. The highest BCUT2D eigenvalue weighted by atomic mass is 16.6. The van der Waals surface area contributed by atoms with E-state index in [1.165, 1.54) is 0 Å². The Balaban J connectivity index is 2.19. The molecule has 1 aromatic carbocycles. The van der Waals surface area contributed by atoms with E-state index in [0.29, 0.717) is 13.2 Å². The zero-order chi connectivity index (χ0) is 13.9. The van der Waals surface area contributed by atoms with E-state index in [1.807, 2.05) is 37.3 Å². The summed E-state index contributed by atoms with van der Waals surface area (Å²) in [6, 6.07) is 9.54. The van der Waals surface area contributed by atoms with Crippen molar-refractivity contribution >= 4 is 5.97 Å². The van der Waals surface area contributed by atoms with Gasteiger partial charge in [0.2, 0.25) is 0 Å². The minimum Gasteiger partial charge on any atom is -0.490 e. The lowest BCUT2D eigenvalue weighted by Gasteiger charge is -2.14. The van der Waals surface area contributed by atoms with Crippen molar-refractivity contribution in [2.75, 3.05) is 13.2 Å². The molecular formula is C16H24O3. The predicted octanol–water partition coefficient (Wildman–Crippen LogP) is 3.83. The van der Waals surface area contributed by atoms with E-state index in [-0.39, 0.29) is 11.9 Å². The van der Waals surface area contributed by atoms with E-state index in [9.17, 15) is 4.79 Å². The van der Waals surface area contributed by atoms with Gasteiger partial charge >= 0.3 is 5.97 Å². The quantitative estimate of drug-likeness (QED) is 0.502. The van der Waals surface area contributed by atoms with Crippen LogP contribution < -0.4 is 4.74 Å². The summed E-state index contributed by atoms with van der Waals surface area (Å²) in [5.74, 6) is 0.751. The van der Waals surface area contributed by atoms with Gasteiger partial charge in [0.1, 0.15) is 19.0 Å². The fourth-order valence-corrected chi connectivity index (χ4v) is 1.88. The molecule has 0 aliphatic carbocycles. The molecule has 106 valence electrons. The first kappa shape index (κ1) is 15.5. The maximum atomic E-state index is 11.8. The first-order chi connectivity index (χ1) is 9.27. The van der Waals surface area contributed by atoms with Gasteiger partial charge in [0.15, 0.2) is 0 Å². The van der Waals surface area contributed by atoms with Crippen molar-refractivity contribution in [2.24, 2.45) is 5.92 Å². The number of carbonyl (C=O) groups excluding carboxylic acids is 1. The number of ether oxygens (including phenoxy) is 2. The molecule has 0 N–H and O–H groups in total. The lowest BCUT2D eigenvalue weighted by molar-refractivity contribution is -0.149. The summed E-state index contributed by atoms with van der Waals surface area (Å²) in [5, 5.41) is 0. The Labute approximate surface area is 115 Å². The van der Waals surface area contributed by atoms with Crippen LogP contribution >= 0.6 is 0 Å². The van der Waals surface area contributed by atoms with Crippen LogP contribution in [-0.2, 0) is 9.53 Å². The normalized spacial score (nSPS) is 11.9. The molecule has 1 unspecified atom stereocenters. The topological polar surface area (TPSA) is 35.5 Å². The highest BCUT2D eigenvalue weighted by Crippen LogP contribution is 2.14. The summed E-state index contributed by atoms with van der Waals surface area (Å²) in [7, 11) is 0. The van der Waals surface area contributed by atoms with E-state index in [0.717, 1.165) is 31.4 Å². The van der Waals surface area contributed by atoms with Crippen molar-refractivity contribution in [3.8, 4) is 5.75 Å². The molecule has 3 heteroatoms. The van der Waals surface area contributed by atoms with Crippen LogP contribution in [0.4, 0.5) is 0 Å². The van der Waals surface area contributed by atoms with Gasteiger partial charge in [0, 0.05) is 0 Å². The Kier molecular flexibility index (Phi) is 7.71. The van der Waals surface area contributed by atoms with Crippen molar-refractivity contribution in [2.45, 2.75) is 39.5 Å². The maximum Gasteiger partial charge on any atom is 0.309 e. The SMILES string of the molecule is CCCCC(CC)C(=O)OCCOc1ccccc1. The summed E-state index contributed by atoms with van der Waals surface area (Å²) in [5.41, 5.74) is 0. The second-order valence-corrected chi connectivity index (χ2v) is 4.58. The van der Waals surface area contributed by atoms with Gasteiger partial charge in [-0.1, -0.05) is 44.9 Å². The van der Waals surface area contributed by atoms with Crippen molar-refractivity contribution in [3.63, 3.8) is 0 Å². The smallest absolute Gasteiger partial charge is 0.309 e. The average molecular weight is 264 g/mol. The standard InChI is InChI=1S/C16H24O3/c1-3-5-9-14(4-2)16(17)19-13-12-18-15-10-7-6-8-11-15/h6-8,10-11,14H,3-5,9,12-13H2,1-2H3. The van der Waals surface area contributed by atoms with Gasteiger partial charge < -0.3 is 9.47 Å². The molecular weight excluding hydrogens is 240 g/mol. The highest BCUT2D eigenvalue weighted by molar-refractivity contribution is 5.72. The minimum absolute atomic E-state index is 0.0386. The number of hydrogen-bond donors (Lipinski definition) is 0. The van der Waals surface area contributed by atoms with Gasteiger partial charge in [-0.25, -0.2) is 0 Å². The van der Waals surface area contributed by atoms with E-state index in [4.69, 9.17) is 9.47 Å². The minimum atomic E-state index is -0.0902. The van der Waals surface area contributed by atoms with Gasteiger partial charge in [-0.15, -0.1) is 0 Å². The molecule has 1 rings (SSSR count).